The lowest BCUT2D eigenvalue weighted by Crippen LogP contribution is -2.36. The molecule has 84 valence electrons. The van der Waals surface area contributed by atoms with Gasteiger partial charge < -0.3 is 15.6 Å². The molecule has 1 aromatic heterocycles. The van der Waals surface area contributed by atoms with Crippen molar-refractivity contribution in [1.29, 1.82) is 0 Å². The number of nitrogens with one attached hydrogen (secondary N) is 1. The van der Waals surface area contributed by atoms with Crippen LogP contribution in [0.3, 0.4) is 0 Å². The van der Waals surface area contributed by atoms with Crippen molar-refractivity contribution in [3.8, 4) is 0 Å². The molecule has 1 heterocycles. The Labute approximate surface area is 90.5 Å². The topological polar surface area (TPSA) is 60.1 Å². The molecule has 1 amide bonds. The highest BCUT2D eigenvalue weighted by Gasteiger charge is 2.15. The maximum absolute atomic E-state index is 11.8. The highest BCUT2D eigenvalue weighted by atomic mass is 16.2. The summed E-state index contributed by atoms with van der Waals surface area (Å²) < 4.78 is 1.73. The molecule has 1 unspecified atom stereocenters. The minimum atomic E-state index is -0.0737. The van der Waals surface area contributed by atoms with E-state index in [-0.39, 0.29) is 11.9 Å². The van der Waals surface area contributed by atoms with Crippen LogP contribution < -0.4 is 11.1 Å². The minimum absolute atomic E-state index is 0.0737. The van der Waals surface area contributed by atoms with E-state index in [1.54, 1.807) is 16.8 Å². The molecule has 0 aliphatic carbocycles. The van der Waals surface area contributed by atoms with Crippen LogP contribution in [0.25, 0.3) is 0 Å². The van der Waals surface area contributed by atoms with Crippen molar-refractivity contribution in [2.75, 3.05) is 5.73 Å². The largest absolute Gasteiger partial charge is 0.397 e. The first-order valence-electron chi connectivity index (χ1n) is 5.14. The quantitative estimate of drug-likeness (QED) is 0.790. The van der Waals surface area contributed by atoms with Gasteiger partial charge in [0.05, 0.1) is 5.69 Å². The molecular weight excluding hydrogens is 190 g/mol. The Morgan fingerprint density at radius 3 is 2.47 bits per heavy atom. The van der Waals surface area contributed by atoms with Crippen molar-refractivity contribution in [2.45, 2.75) is 26.8 Å². The zero-order valence-electron chi connectivity index (χ0n) is 9.74. The van der Waals surface area contributed by atoms with Gasteiger partial charge in [-0.1, -0.05) is 13.8 Å². The van der Waals surface area contributed by atoms with Gasteiger partial charge in [0.25, 0.3) is 5.91 Å². The number of carbonyl (C=O) groups excluding carboxylic acids is 1. The predicted molar refractivity (Wildman–Crippen MR) is 61.6 cm³/mol. The molecule has 0 saturated carbocycles. The van der Waals surface area contributed by atoms with Crippen LogP contribution in [-0.4, -0.2) is 16.5 Å². The standard InChI is InChI=1S/C11H19N3O/c1-7(2)8(3)13-11(15)10-5-9(12)6-14(10)4/h5-8H,12H2,1-4H3,(H,13,15). The molecule has 0 radical (unpaired) electrons. The molecule has 4 nitrogen and oxygen atoms in total. The first kappa shape index (κ1) is 11.6. The monoisotopic (exact) mass is 209 g/mol. The number of nitrogens with zero attached hydrogens (tertiary/aromatic N) is 1. The van der Waals surface area contributed by atoms with Gasteiger partial charge in [-0.25, -0.2) is 0 Å². The molecule has 1 aromatic rings. The number of nitrogens with two attached hydrogens (primary N) is 1. The minimum Gasteiger partial charge on any atom is -0.397 e. The van der Waals surface area contributed by atoms with Crippen molar-refractivity contribution in [2.24, 2.45) is 13.0 Å². The van der Waals surface area contributed by atoms with E-state index in [1.165, 1.54) is 0 Å². The maximum Gasteiger partial charge on any atom is 0.268 e. The van der Waals surface area contributed by atoms with Gasteiger partial charge in [-0.15, -0.1) is 0 Å². The zero-order chi connectivity index (χ0) is 11.6. The number of hydrogen-bond donors (Lipinski definition) is 2. The second-order valence-corrected chi connectivity index (χ2v) is 4.28. The lowest BCUT2D eigenvalue weighted by molar-refractivity contribution is 0.0922. The van der Waals surface area contributed by atoms with E-state index in [1.807, 2.05) is 14.0 Å². The van der Waals surface area contributed by atoms with Gasteiger partial charge in [-0.05, 0) is 18.9 Å². The molecule has 0 saturated heterocycles. The lowest BCUT2D eigenvalue weighted by atomic mass is 10.1. The number of aromatic nitrogens is 1. The molecule has 1 rings (SSSR count). The van der Waals surface area contributed by atoms with Crippen molar-refractivity contribution < 1.29 is 4.79 Å². The summed E-state index contributed by atoms with van der Waals surface area (Å²) in [6.07, 6.45) is 1.73. The van der Waals surface area contributed by atoms with E-state index < -0.39 is 0 Å². The zero-order valence-corrected chi connectivity index (χ0v) is 9.74. The number of amides is 1. The average Bonchev–Trinajstić information content (AvgIpc) is 2.44. The van der Waals surface area contributed by atoms with E-state index >= 15 is 0 Å². The van der Waals surface area contributed by atoms with Gasteiger partial charge in [0.2, 0.25) is 0 Å². The summed E-state index contributed by atoms with van der Waals surface area (Å²) in [5.41, 5.74) is 6.82. The van der Waals surface area contributed by atoms with E-state index in [2.05, 4.69) is 19.2 Å². The fourth-order valence-corrected chi connectivity index (χ4v) is 1.26. The van der Waals surface area contributed by atoms with E-state index in [0.29, 0.717) is 17.3 Å². The molecule has 0 spiro atoms. The Balaban J connectivity index is 2.73. The number of hydrogen-bond acceptors (Lipinski definition) is 2. The second-order valence-electron chi connectivity index (χ2n) is 4.28. The smallest absolute Gasteiger partial charge is 0.268 e. The number of aryl methyl sites for hydroxylation is 1. The summed E-state index contributed by atoms with van der Waals surface area (Å²) in [5, 5.41) is 2.93. The first-order valence-corrected chi connectivity index (χ1v) is 5.14. The van der Waals surface area contributed by atoms with Crippen molar-refractivity contribution in [3.05, 3.63) is 18.0 Å². The van der Waals surface area contributed by atoms with Gasteiger partial charge in [0.15, 0.2) is 0 Å². The molecule has 4 heteroatoms. The summed E-state index contributed by atoms with van der Waals surface area (Å²) in [6.45, 7) is 6.14. The van der Waals surface area contributed by atoms with Crippen molar-refractivity contribution in [1.82, 2.24) is 9.88 Å². The van der Waals surface area contributed by atoms with Crippen LogP contribution in [0.1, 0.15) is 31.3 Å². The Kier molecular flexibility index (Phi) is 3.39. The summed E-state index contributed by atoms with van der Waals surface area (Å²) in [6, 6.07) is 1.84. The van der Waals surface area contributed by atoms with E-state index in [4.69, 9.17) is 5.73 Å². The van der Waals surface area contributed by atoms with E-state index in [9.17, 15) is 4.79 Å². The third-order valence-electron chi connectivity index (χ3n) is 2.62. The number of anilines is 1. The summed E-state index contributed by atoms with van der Waals surface area (Å²) in [5.74, 6) is 0.349. The Hall–Kier alpha value is -1.45. The summed E-state index contributed by atoms with van der Waals surface area (Å²) in [7, 11) is 1.81. The third-order valence-corrected chi connectivity index (χ3v) is 2.62. The van der Waals surface area contributed by atoms with Gasteiger partial charge in [-0.3, -0.25) is 4.79 Å². The molecule has 0 aliphatic heterocycles. The van der Waals surface area contributed by atoms with Gasteiger partial charge in [0, 0.05) is 19.3 Å². The highest BCUT2D eigenvalue weighted by molar-refractivity contribution is 5.93. The van der Waals surface area contributed by atoms with Crippen LogP contribution in [-0.2, 0) is 7.05 Å². The van der Waals surface area contributed by atoms with Gasteiger partial charge >= 0.3 is 0 Å². The fourth-order valence-electron chi connectivity index (χ4n) is 1.26. The van der Waals surface area contributed by atoms with Crippen LogP contribution in [0.2, 0.25) is 0 Å². The molecule has 0 bridgehead atoms. The first-order chi connectivity index (χ1) is 6.91. The summed E-state index contributed by atoms with van der Waals surface area (Å²) >= 11 is 0. The van der Waals surface area contributed by atoms with Crippen LogP contribution in [0.4, 0.5) is 5.69 Å². The Morgan fingerprint density at radius 1 is 1.47 bits per heavy atom. The van der Waals surface area contributed by atoms with Crippen LogP contribution >= 0.6 is 0 Å². The molecule has 1 atom stereocenters. The van der Waals surface area contributed by atoms with Gasteiger partial charge in [0.1, 0.15) is 5.69 Å². The predicted octanol–water partition coefficient (Wildman–Crippen LogP) is 1.38. The molecule has 0 aliphatic rings. The molecule has 3 N–H and O–H groups in total. The molecule has 0 fully saturated rings. The number of nitrogen functional groups attached to an aromatic ring is 1. The normalized spacial score (nSPS) is 12.9. The number of rotatable bonds is 3. The summed E-state index contributed by atoms with van der Waals surface area (Å²) in [4.78, 5) is 11.8. The Morgan fingerprint density at radius 2 is 2.07 bits per heavy atom. The van der Waals surface area contributed by atoms with Crippen LogP contribution in [0.15, 0.2) is 12.3 Å². The average molecular weight is 209 g/mol. The number of carbonyl (C=O) groups is 1. The molecular formula is C11H19N3O. The Bertz CT molecular complexity index is 355. The fraction of sp³-hybridized carbons (Fsp3) is 0.545. The van der Waals surface area contributed by atoms with Crippen molar-refractivity contribution in [3.63, 3.8) is 0 Å². The van der Waals surface area contributed by atoms with E-state index in [0.717, 1.165) is 0 Å². The third kappa shape index (κ3) is 2.75. The SMILES string of the molecule is CC(C)C(C)NC(=O)c1cc(N)cn1C. The lowest BCUT2D eigenvalue weighted by Gasteiger charge is -2.17. The highest BCUT2D eigenvalue weighted by Crippen LogP contribution is 2.09. The van der Waals surface area contributed by atoms with Crippen LogP contribution in [0.5, 0.6) is 0 Å². The maximum atomic E-state index is 11.8. The second kappa shape index (κ2) is 4.38. The van der Waals surface area contributed by atoms with Gasteiger partial charge in [-0.2, -0.15) is 0 Å². The molecule has 15 heavy (non-hydrogen) atoms. The van der Waals surface area contributed by atoms with Crippen molar-refractivity contribution >= 4 is 11.6 Å². The van der Waals surface area contributed by atoms with Crippen LogP contribution in [0, 0.1) is 5.92 Å². The molecule has 0 aromatic carbocycles.